The summed E-state index contributed by atoms with van der Waals surface area (Å²) in [5, 5.41) is 0. The average molecular weight is 377 g/mol. The van der Waals surface area contributed by atoms with Crippen LogP contribution in [0.2, 0.25) is 0 Å². The minimum atomic E-state index is -1.75. The monoisotopic (exact) mass is 377 g/mol. The van der Waals surface area contributed by atoms with E-state index in [1.54, 1.807) is 0 Å². The van der Waals surface area contributed by atoms with Gasteiger partial charge in [-0.05, 0) is 73.3 Å². The normalized spacial score (nSPS) is 25.7. The largest absolute Gasteiger partial charge is 0.206 e. The lowest BCUT2D eigenvalue weighted by Gasteiger charge is -2.28. The molecule has 0 N–H and O–H groups in total. The fourth-order valence-corrected chi connectivity index (χ4v) is 3.27. The van der Waals surface area contributed by atoms with E-state index >= 15 is 0 Å². The van der Waals surface area contributed by atoms with Crippen molar-refractivity contribution in [3.05, 3.63) is 70.3 Å². The second-order valence-electron chi connectivity index (χ2n) is 6.75. The van der Waals surface area contributed by atoms with Gasteiger partial charge in [0.25, 0.3) is 0 Å². The van der Waals surface area contributed by atoms with Gasteiger partial charge in [0.2, 0.25) is 0 Å². The van der Waals surface area contributed by atoms with E-state index in [1.165, 1.54) is 6.07 Å². The first-order valence-corrected chi connectivity index (χ1v) is 9.00. The van der Waals surface area contributed by atoms with Crippen LogP contribution in [-0.4, -0.2) is 0 Å². The first kappa shape index (κ1) is 15.7. The molecule has 3 atom stereocenters. The third kappa shape index (κ3) is 4.71. The summed E-state index contributed by atoms with van der Waals surface area (Å²) in [6.07, 6.45) is -0.0957. The minimum absolute atomic E-state index is 0.0635. The molecular weight excluding hydrogens is 352 g/mol. The molecule has 1 fully saturated rings. The molecule has 0 bridgehead atoms. The summed E-state index contributed by atoms with van der Waals surface area (Å²) in [5.74, 6) is -0.255. The second kappa shape index (κ2) is 8.61. The van der Waals surface area contributed by atoms with Crippen LogP contribution < -0.4 is 0 Å². The smallest absolute Gasteiger partial charge is 0.160 e. The van der Waals surface area contributed by atoms with Gasteiger partial charge in [-0.25, -0.2) is 17.6 Å². The van der Waals surface area contributed by atoms with Crippen LogP contribution in [0.1, 0.15) is 72.1 Å². The molecule has 3 unspecified atom stereocenters. The van der Waals surface area contributed by atoms with E-state index in [-0.39, 0.29) is 23.5 Å². The Bertz CT molecular complexity index is 971. The van der Waals surface area contributed by atoms with E-state index in [0.29, 0.717) is 6.42 Å². The van der Waals surface area contributed by atoms with Crippen LogP contribution in [0.3, 0.4) is 0 Å². The molecule has 0 saturated heterocycles. The molecule has 0 heterocycles. The third-order valence-electron chi connectivity index (χ3n) is 4.70. The van der Waals surface area contributed by atoms with E-state index in [4.69, 9.17) is 4.11 Å². The summed E-state index contributed by atoms with van der Waals surface area (Å²) in [6.45, 7) is 2.01. The summed E-state index contributed by atoms with van der Waals surface area (Å²) in [5.41, 5.74) is -0.373. The van der Waals surface area contributed by atoms with E-state index in [0.717, 1.165) is 37.1 Å². The zero-order valence-electron chi connectivity index (χ0n) is 18.0. The van der Waals surface area contributed by atoms with Gasteiger partial charge in [0, 0.05) is 9.68 Å². The topological polar surface area (TPSA) is 0 Å². The maximum absolute atomic E-state index is 14.6. The molecule has 2 aromatic rings. The minimum Gasteiger partial charge on any atom is -0.206 e. The van der Waals surface area contributed by atoms with Crippen LogP contribution in [0.4, 0.5) is 17.6 Å². The third-order valence-corrected chi connectivity index (χ3v) is 4.70. The van der Waals surface area contributed by atoms with Gasteiger partial charge in [0.05, 0.1) is 5.56 Å². The predicted octanol–water partition coefficient (Wildman–Crippen LogP) is 6.72. The van der Waals surface area contributed by atoms with Crippen molar-refractivity contribution in [1.29, 1.82) is 0 Å². The molecule has 1 saturated carbocycles. The highest BCUT2D eigenvalue weighted by Gasteiger charge is 2.23. The van der Waals surface area contributed by atoms with Gasteiger partial charge in [0.15, 0.2) is 11.6 Å². The molecule has 0 nitrogen and oxygen atoms in total. The zero-order chi connectivity index (χ0) is 22.1. The van der Waals surface area contributed by atoms with Crippen LogP contribution in [-0.2, 0) is 0 Å². The van der Waals surface area contributed by atoms with Crippen molar-refractivity contribution in [2.75, 3.05) is 0 Å². The van der Waals surface area contributed by atoms with Crippen molar-refractivity contribution >= 4 is 0 Å². The van der Waals surface area contributed by atoms with E-state index in [9.17, 15) is 17.6 Å². The molecule has 0 spiro atoms. The highest BCUT2D eigenvalue weighted by molar-refractivity contribution is 5.45. The number of rotatable bonds is 3. The van der Waals surface area contributed by atoms with Gasteiger partial charge in [-0.1, -0.05) is 31.6 Å². The van der Waals surface area contributed by atoms with E-state index in [1.807, 2.05) is 6.92 Å². The van der Waals surface area contributed by atoms with Gasteiger partial charge in [0.1, 0.15) is 11.6 Å². The zero-order valence-corrected chi connectivity index (χ0v) is 15.0. The Hall–Kier alpha value is -2.28. The van der Waals surface area contributed by atoms with Crippen molar-refractivity contribution in [3.8, 4) is 11.8 Å². The Balaban J connectivity index is 1.91. The van der Waals surface area contributed by atoms with Crippen LogP contribution >= 0.6 is 0 Å². The highest BCUT2D eigenvalue weighted by atomic mass is 19.2. The Morgan fingerprint density at radius 2 is 1.70 bits per heavy atom. The number of benzene rings is 2. The molecule has 2 aromatic carbocycles. The lowest BCUT2D eigenvalue weighted by atomic mass is 9.77. The maximum atomic E-state index is 14.6. The second-order valence-corrected chi connectivity index (χ2v) is 6.75. The molecule has 27 heavy (non-hydrogen) atoms. The molecule has 0 amide bonds. The summed E-state index contributed by atoms with van der Waals surface area (Å²) >= 11 is 0. The summed E-state index contributed by atoms with van der Waals surface area (Å²) in [6, 6.07) is 4.97. The number of hydrogen-bond donors (Lipinski definition) is 0. The number of hydrogen-bond acceptors (Lipinski definition) is 0. The molecule has 142 valence electrons. The standard InChI is InChI=1S/C23H22F4/c1-2-3-15-4-8-17(9-5-15)18-13-21(25)19(22(26)14-18)10-6-16-7-11-20(24)23(27)12-16/h7,11-15,17H,2-5,8-9H2,1H3/i8D,9D2. The van der Waals surface area contributed by atoms with Crippen molar-refractivity contribution in [2.24, 2.45) is 5.92 Å². The van der Waals surface area contributed by atoms with Crippen LogP contribution in [0, 0.1) is 41.0 Å². The first-order chi connectivity index (χ1) is 14.1. The van der Waals surface area contributed by atoms with Crippen LogP contribution in [0.5, 0.6) is 0 Å². The average Bonchev–Trinajstić information content (AvgIpc) is 2.63. The Labute approximate surface area is 161 Å². The van der Waals surface area contributed by atoms with Gasteiger partial charge < -0.3 is 0 Å². The van der Waals surface area contributed by atoms with Crippen LogP contribution in [0.25, 0.3) is 0 Å². The molecule has 0 aromatic heterocycles. The molecule has 0 aliphatic heterocycles. The van der Waals surface area contributed by atoms with Gasteiger partial charge >= 0.3 is 0 Å². The maximum Gasteiger partial charge on any atom is 0.160 e. The fourth-order valence-electron chi connectivity index (χ4n) is 3.27. The summed E-state index contributed by atoms with van der Waals surface area (Å²) in [7, 11) is 0. The van der Waals surface area contributed by atoms with Crippen LogP contribution in [0.15, 0.2) is 30.3 Å². The summed E-state index contributed by atoms with van der Waals surface area (Å²) in [4.78, 5) is 0. The Kier molecular flexibility index (Phi) is 5.02. The highest BCUT2D eigenvalue weighted by Crippen LogP contribution is 2.38. The number of halogens is 4. The molecule has 0 radical (unpaired) electrons. The molecule has 1 aliphatic rings. The van der Waals surface area contributed by atoms with E-state index < -0.39 is 47.5 Å². The van der Waals surface area contributed by atoms with Gasteiger partial charge in [-0.15, -0.1) is 0 Å². The molecule has 1 aliphatic carbocycles. The lowest BCUT2D eigenvalue weighted by Crippen LogP contribution is -2.13. The van der Waals surface area contributed by atoms with Crippen molar-refractivity contribution < 1.29 is 21.7 Å². The summed E-state index contributed by atoms with van der Waals surface area (Å²) < 4.78 is 80.7. The molecule has 4 heteroatoms. The molecular formula is C23H22F4. The Morgan fingerprint density at radius 1 is 0.963 bits per heavy atom. The predicted molar refractivity (Wildman–Crippen MR) is 98.3 cm³/mol. The SMILES string of the molecule is [2H]C1CC(CCC)CC([2H])([2H])C1c1cc(F)c(C#Cc2ccc(F)c(F)c2)c(F)c1. The van der Waals surface area contributed by atoms with Gasteiger partial charge in [-0.3, -0.25) is 0 Å². The Morgan fingerprint density at radius 3 is 2.33 bits per heavy atom. The molecule has 3 rings (SSSR count). The van der Waals surface area contributed by atoms with Crippen molar-refractivity contribution in [2.45, 2.75) is 51.3 Å². The van der Waals surface area contributed by atoms with Crippen molar-refractivity contribution in [1.82, 2.24) is 0 Å². The van der Waals surface area contributed by atoms with Crippen molar-refractivity contribution in [3.63, 3.8) is 0 Å². The quantitative estimate of drug-likeness (QED) is 0.412. The van der Waals surface area contributed by atoms with E-state index in [2.05, 4.69) is 11.8 Å². The van der Waals surface area contributed by atoms with Gasteiger partial charge in [-0.2, -0.15) is 0 Å². The first-order valence-electron chi connectivity index (χ1n) is 10.6. The fraction of sp³-hybridized carbons (Fsp3) is 0.391. The lowest BCUT2D eigenvalue weighted by molar-refractivity contribution is 0.307.